The third-order valence-electron chi connectivity index (χ3n) is 7.26. The number of rotatable bonds is 4. The molecule has 7 nitrogen and oxygen atoms in total. The minimum Gasteiger partial charge on any atom is -0.349 e. The molecule has 6 rings (SSSR count). The zero-order valence-corrected chi connectivity index (χ0v) is 15.0. The Kier molecular flexibility index (Phi) is 3.46. The van der Waals surface area contributed by atoms with Crippen molar-refractivity contribution < 1.29 is 4.79 Å². The van der Waals surface area contributed by atoms with E-state index in [-0.39, 0.29) is 23.0 Å². The van der Waals surface area contributed by atoms with Gasteiger partial charge in [-0.05, 0) is 88.4 Å². The lowest BCUT2D eigenvalue weighted by atomic mass is 9.50. The van der Waals surface area contributed by atoms with E-state index in [1.807, 2.05) is 4.80 Å². The molecule has 4 saturated carbocycles. The molecule has 1 aliphatic heterocycles. The number of hydrogen-bond acceptors (Lipinski definition) is 5. The van der Waals surface area contributed by atoms with Crippen LogP contribution in [-0.4, -0.2) is 55.7 Å². The van der Waals surface area contributed by atoms with Gasteiger partial charge in [0, 0.05) is 5.54 Å². The fraction of sp³-hybridized carbons (Fsp3) is 0.889. The van der Waals surface area contributed by atoms with Crippen LogP contribution in [0, 0.1) is 11.8 Å². The molecule has 4 bridgehead atoms. The number of aromatic nitrogens is 4. The Labute approximate surface area is 148 Å². The largest absolute Gasteiger partial charge is 0.349 e. The second kappa shape index (κ2) is 5.50. The first-order chi connectivity index (χ1) is 12.1. The maximum atomic E-state index is 13.0. The molecule has 3 atom stereocenters. The molecule has 0 aromatic carbocycles. The van der Waals surface area contributed by atoms with Crippen LogP contribution >= 0.6 is 0 Å². The number of carbonyl (C=O) groups is 1. The van der Waals surface area contributed by atoms with Crippen molar-refractivity contribution in [3.8, 4) is 0 Å². The van der Waals surface area contributed by atoms with Crippen LogP contribution < -0.4 is 5.32 Å². The van der Waals surface area contributed by atoms with Gasteiger partial charge < -0.3 is 5.32 Å². The van der Waals surface area contributed by atoms with Crippen molar-refractivity contribution in [1.82, 2.24) is 30.4 Å². The van der Waals surface area contributed by atoms with Gasteiger partial charge in [-0.2, -0.15) is 4.80 Å². The van der Waals surface area contributed by atoms with Crippen molar-refractivity contribution in [3.05, 3.63) is 6.33 Å². The molecule has 5 fully saturated rings. The molecular weight excluding hydrogens is 316 g/mol. The van der Waals surface area contributed by atoms with E-state index in [9.17, 15) is 4.79 Å². The fourth-order valence-electron chi connectivity index (χ4n) is 6.64. The Morgan fingerprint density at radius 1 is 1.20 bits per heavy atom. The van der Waals surface area contributed by atoms with Crippen molar-refractivity contribution in [1.29, 1.82) is 0 Å². The van der Waals surface area contributed by atoms with Crippen molar-refractivity contribution in [2.24, 2.45) is 11.8 Å². The molecule has 4 aliphatic carbocycles. The van der Waals surface area contributed by atoms with E-state index in [0.29, 0.717) is 11.8 Å². The minimum absolute atomic E-state index is 0.0176. The zero-order chi connectivity index (χ0) is 17.1. The lowest BCUT2D eigenvalue weighted by Gasteiger charge is -2.61. The van der Waals surface area contributed by atoms with Crippen LogP contribution in [0.15, 0.2) is 6.33 Å². The van der Waals surface area contributed by atoms with Gasteiger partial charge in [-0.3, -0.25) is 9.69 Å². The number of carbonyl (C=O) groups excluding carboxylic acids is 1. The first kappa shape index (κ1) is 15.7. The summed E-state index contributed by atoms with van der Waals surface area (Å²) in [7, 11) is 0. The van der Waals surface area contributed by atoms with Gasteiger partial charge in [-0.1, -0.05) is 0 Å². The fourth-order valence-corrected chi connectivity index (χ4v) is 6.64. The van der Waals surface area contributed by atoms with E-state index in [1.165, 1.54) is 19.3 Å². The third kappa shape index (κ3) is 2.50. The molecular formula is C18H28N6O. The highest BCUT2D eigenvalue weighted by Crippen LogP contribution is 2.60. The highest BCUT2D eigenvalue weighted by Gasteiger charge is 2.60. The number of nitrogens with zero attached hydrogens (tertiary/aromatic N) is 5. The lowest BCUT2D eigenvalue weighted by molar-refractivity contribution is -0.135. The topological polar surface area (TPSA) is 75.9 Å². The van der Waals surface area contributed by atoms with Crippen LogP contribution in [-0.2, 0) is 10.3 Å². The van der Waals surface area contributed by atoms with Crippen LogP contribution in [0.4, 0.5) is 0 Å². The molecule has 25 heavy (non-hydrogen) atoms. The van der Waals surface area contributed by atoms with Crippen molar-refractivity contribution in [2.45, 2.75) is 75.4 Å². The van der Waals surface area contributed by atoms with Crippen molar-refractivity contribution in [3.63, 3.8) is 0 Å². The zero-order valence-electron chi connectivity index (χ0n) is 15.0. The van der Waals surface area contributed by atoms with Crippen LogP contribution in [0.2, 0.25) is 0 Å². The van der Waals surface area contributed by atoms with Crippen molar-refractivity contribution >= 4 is 5.91 Å². The molecule has 7 heteroatoms. The molecule has 0 spiro atoms. The lowest BCUT2D eigenvalue weighted by Crippen LogP contribution is -2.67. The summed E-state index contributed by atoms with van der Waals surface area (Å²) in [4.78, 5) is 17.2. The second-order valence-electron chi connectivity index (χ2n) is 9.10. The van der Waals surface area contributed by atoms with Gasteiger partial charge in [-0.25, -0.2) is 0 Å². The Hall–Kier alpha value is -1.50. The molecule has 1 N–H and O–H groups in total. The second-order valence-corrected chi connectivity index (χ2v) is 9.10. The summed E-state index contributed by atoms with van der Waals surface area (Å²) >= 11 is 0. The smallest absolute Gasteiger partial charge is 0.237 e. The summed E-state index contributed by atoms with van der Waals surface area (Å²) < 4.78 is 0. The molecule has 3 unspecified atom stereocenters. The van der Waals surface area contributed by atoms with Crippen molar-refractivity contribution in [2.75, 3.05) is 13.1 Å². The normalized spacial score (nSPS) is 41.2. The SMILES string of the molecule is CC(C(=O)NC12CC3CC(C1)CC(n1ncnn1)(C3)C2)N1CCCC1. The predicted molar refractivity (Wildman–Crippen MR) is 91.6 cm³/mol. The van der Waals surface area contributed by atoms with Crippen LogP contribution in [0.3, 0.4) is 0 Å². The Morgan fingerprint density at radius 3 is 2.56 bits per heavy atom. The molecule has 1 aromatic rings. The maximum Gasteiger partial charge on any atom is 0.237 e. The van der Waals surface area contributed by atoms with Gasteiger partial charge in [0.1, 0.15) is 0 Å². The highest BCUT2D eigenvalue weighted by atomic mass is 16.2. The molecule has 1 aromatic heterocycles. The number of nitrogens with one attached hydrogen (secondary N) is 1. The molecule has 2 heterocycles. The average molecular weight is 344 g/mol. The van der Waals surface area contributed by atoms with Crippen LogP contribution in [0.1, 0.15) is 58.3 Å². The van der Waals surface area contributed by atoms with E-state index in [1.54, 1.807) is 6.33 Å². The highest BCUT2D eigenvalue weighted by molar-refractivity contribution is 5.82. The number of amides is 1. The van der Waals surface area contributed by atoms with Crippen LogP contribution in [0.25, 0.3) is 0 Å². The Bertz CT molecular complexity index is 639. The monoisotopic (exact) mass is 344 g/mol. The van der Waals surface area contributed by atoms with E-state index in [2.05, 4.69) is 32.6 Å². The molecule has 0 radical (unpaired) electrons. The number of likely N-dealkylation sites (tertiary alicyclic amines) is 1. The summed E-state index contributed by atoms with van der Waals surface area (Å²) in [6.07, 6.45) is 10.8. The third-order valence-corrected chi connectivity index (χ3v) is 7.26. The summed E-state index contributed by atoms with van der Waals surface area (Å²) in [5.74, 6) is 1.56. The number of hydrogen-bond donors (Lipinski definition) is 1. The Morgan fingerprint density at radius 2 is 1.92 bits per heavy atom. The quantitative estimate of drug-likeness (QED) is 0.891. The summed E-state index contributed by atoms with van der Waals surface area (Å²) in [6, 6.07) is -0.0176. The standard InChI is InChI=1S/C18H28N6O/c1-13(23-4-2-3-5-23)16(25)21-17-7-14-6-15(8-17)10-18(9-14,11-17)24-20-12-19-22-24/h12-15H,2-11H2,1H3,(H,21,25). The van der Waals surface area contributed by atoms with E-state index in [4.69, 9.17) is 0 Å². The van der Waals surface area contributed by atoms with Crippen LogP contribution in [0.5, 0.6) is 0 Å². The first-order valence-corrected chi connectivity index (χ1v) is 9.87. The van der Waals surface area contributed by atoms with Gasteiger partial charge in [0.15, 0.2) is 6.33 Å². The average Bonchev–Trinajstić information content (AvgIpc) is 3.26. The first-order valence-electron chi connectivity index (χ1n) is 9.87. The van der Waals surface area contributed by atoms with Gasteiger partial charge >= 0.3 is 0 Å². The van der Waals surface area contributed by atoms with Gasteiger partial charge in [-0.15, -0.1) is 10.2 Å². The summed E-state index contributed by atoms with van der Waals surface area (Å²) in [5, 5.41) is 16.1. The number of tetrazole rings is 1. The predicted octanol–water partition coefficient (Wildman–Crippen LogP) is 1.32. The Balaban J connectivity index is 1.38. The van der Waals surface area contributed by atoms with E-state index >= 15 is 0 Å². The summed E-state index contributed by atoms with van der Waals surface area (Å²) in [6.45, 7) is 4.18. The minimum atomic E-state index is -0.0667. The van der Waals surface area contributed by atoms with Gasteiger partial charge in [0.05, 0.1) is 11.6 Å². The molecule has 5 aliphatic rings. The van der Waals surface area contributed by atoms with Gasteiger partial charge in [0.2, 0.25) is 5.91 Å². The maximum absolute atomic E-state index is 13.0. The molecule has 1 saturated heterocycles. The van der Waals surface area contributed by atoms with E-state index in [0.717, 1.165) is 45.2 Å². The van der Waals surface area contributed by atoms with Gasteiger partial charge in [0.25, 0.3) is 0 Å². The molecule has 1 amide bonds. The molecule has 136 valence electrons. The summed E-state index contributed by atoms with van der Waals surface area (Å²) in [5.41, 5.74) is -0.104. The van der Waals surface area contributed by atoms with E-state index < -0.39 is 0 Å².